The summed E-state index contributed by atoms with van der Waals surface area (Å²) in [5.74, 6) is 0. The first-order valence-corrected chi connectivity index (χ1v) is 2.35. The van der Waals surface area contributed by atoms with Crippen molar-refractivity contribution >= 4 is 18.8 Å². The van der Waals surface area contributed by atoms with Crippen LogP contribution in [0.5, 0.6) is 0 Å². The third-order valence-electron chi connectivity index (χ3n) is 0. The van der Waals surface area contributed by atoms with Gasteiger partial charge in [0.15, 0.2) is 0 Å². The summed E-state index contributed by atoms with van der Waals surface area (Å²) >= 11 is 0. The largest absolute Gasteiger partial charge is 1.00 e. The zero-order valence-electron chi connectivity index (χ0n) is 8.20. The van der Waals surface area contributed by atoms with Crippen molar-refractivity contribution in [3.63, 3.8) is 0 Å². The number of phosphoric acid groups is 1. The van der Waals surface area contributed by atoms with E-state index in [4.69, 9.17) is 19.2 Å². The summed E-state index contributed by atoms with van der Waals surface area (Å²) in [6.07, 6.45) is 0. The fourth-order valence-electron chi connectivity index (χ4n) is 0. The van der Waals surface area contributed by atoms with Crippen LogP contribution in [-0.2, 0) is 4.57 Å². The van der Waals surface area contributed by atoms with Crippen molar-refractivity contribution in [3.8, 4) is 0 Å². The average molecular weight is 154 g/mol. The molecule has 0 aromatic rings. The molecule has 0 rings (SSSR count). The van der Waals surface area contributed by atoms with Crippen molar-refractivity contribution in [2.45, 2.75) is 0 Å². The Labute approximate surface area is 98.4 Å². The van der Waals surface area contributed by atoms with Gasteiger partial charge in [-0.15, -0.1) is 0 Å². The van der Waals surface area contributed by atoms with Crippen LogP contribution in [-0.4, -0.2) is 25.6 Å². The van der Waals surface area contributed by atoms with Gasteiger partial charge in [-0.1, -0.05) is 0 Å². The summed E-state index contributed by atoms with van der Waals surface area (Å²) in [5, 5.41) is 0. The van der Waals surface area contributed by atoms with Crippen molar-refractivity contribution in [1.82, 2.24) is 0 Å². The van der Waals surface area contributed by atoms with Crippen molar-refractivity contribution in [2.75, 3.05) is 0 Å². The molecule has 0 amide bonds. The van der Waals surface area contributed by atoms with E-state index in [0.29, 0.717) is 0 Å². The smallest absolute Gasteiger partial charge is 1.00 e. The van der Waals surface area contributed by atoms with Gasteiger partial charge < -0.3 is 19.0 Å². The van der Waals surface area contributed by atoms with Crippen LogP contribution in [0.3, 0.4) is 0 Å². The molecule has 0 heterocycles. The molecule has 0 bridgehead atoms. The van der Waals surface area contributed by atoms with E-state index in [-0.39, 0.29) is 71.8 Å². The topological polar surface area (TPSA) is 77.8 Å². The average Bonchev–Trinajstić information content (AvgIpc) is 0.722. The predicted octanol–water partition coefficient (Wildman–Crippen LogP) is -11.0. The molecule has 46 valence electrons. The summed E-state index contributed by atoms with van der Waals surface area (Å²) < 4.78 is 8.88. The van der Waals surface area contributed by atoms with Crippen LogP contribution in [0.15, 0.2) is 0 Å². The quantitative estimate of drug-likeness (QED) is 0.239. The van der Waals surface area contributed by atoms with E-state index >= 15 is 0 Å². The van der Waals surface area contributed by atoms with E-state index < -0.39 is 7.82 Å². The first kappa shape index (κ1) is 30.4. The second kappa shape index (κ2) is 12.8. The van der Waals surface area contributed by atoms with Crippen LogP contribution in [0.25, 0.3) is 0 Å². The van der Waals surface area contributed by atoms with Crippen LogP contribution in [0.2, 0.25) is 0 Å². The normalized spacial score (nSPS) is 6.56. The van der Waals surface area contributed by atoms with Gasteiger partial charge >= 0.3 is 64.4 Å². The molecule has 0 aromatic carbocycles. The van der Waals surface area contributed by atoms with E-state index in [9.17, 15) is 0 Å². The molecule has 0 saturated heterocycles. The summed E-state index contributed by atoms with van der Waals surface area (Å²) in [6.45, 7) is 0. The van der Waals surface area contributed by atoms with Gasteiger partial charge in [-0.05, 0) is 11.0 Å². The van der Waals surface area contributed by atoms with Crippen LogP contribution < -0.4 is 56.6 Å². The van der Waals surface area contributed by atoms with Crippen LogP contribution in [0.1, 0.15) is 4.28 Å². The van der Waals surface area contributed by atoms with E-state index in [1.807, 2.05) is 0 Å². The summed E-state index contributed by atoms with van der Waals surface area (Å²) in [5.41, 5.74) is 0. The fourth-order valence-corrected chi connectivity index (χ4v) is 0. The molecule has 3 N–H and O–H groups in total. The second-order valence-electron chi connectivity index (χ2n) is 0.513. The van der Waals surface area contributed by atoms with Crippen LogP contribution in [0, 0.1) is 0 Å². The molecule has 0 aliphatic heterocycles. The maximum atomic E-state index is 8.88. The Hall–Kier alpha value is 2.12. The van der Waals surface area contributed by atoms with Gasteiger partial charge in [0.25, 0.3) is 0 Å². The van der Waals surface area contributed by atoms with Gasteiger partial charge in [0, 0.05) is 0 Å². The first-order chi connectivity index (χ1) is 2.00. The van der Waals surface area contributed by atoms with Gasteiger partial charge in [-0.25, -0.2) is 4.57 Å². The molecule has 0 unspecified atom stereocenters. The van der Waals surface area contributed by atoms with E-state index in [0.717, 1.165) is 0 Å². The molecule has 9 heteroatoms. The molecular formula is H10Li3O4PSi. The number of hydrogen-bond donors (Lipinski definition) is 3. The monoisotopic (exact) mass is 154 g/mol. The zero-order chi connectivity index (χ0) is 4.50. The second-order valence-corrected chi connectivity index (χ2v) is 1.54. The van der Waals surface area contributed by atoms with Crippen LogP contribution >= 0.6 is 7.82 Å². The minimum Gasteiger partial charge on any atom is -1.00 e. The van der Waals surface area contributed by atoms with Crippen molar-refractivity contribution in [1.29, 1.82) is 0 Å². The van der Waals surface area contributed by atoms with E-state index in [2.05, 4.69) is 0 Å². The SMILES string of the molecule is O=P(O)(O)O.[H-].[H-].[H-].[Li+].[Li+].[Li+].[SiH4]. The molecule has 0 aromatic heterocycles. The minimum atomic E-state index is -4.64. The Bertz CT molecular complexity index is 71.7. The van der Waals surface area contributed by atoms with Crippen LogP contribution in [0.4, 0.5) is 0 Å². The van der Waals surface area contributed by atoms with Gasteiger partial charge in [0.05, 0.1) is 0 Å². The Kier molecular flexibility index (Phi) is 43.1. The molecule has 0 radical (unpaired) electrons. The van der Waals surface area contributed by atoms with Crippen molar-refractivity contribution < 1.29 is 80.1 Å². The molecule has 4 nitrogen and oxygen atoms in total. The third-order valence-corrected chi connectivity index (χ3v) is 0. The maximum absolute atomic E-state index is 8.88. The predicted molar refractivity (Wildman–Crippen MR) is 28.9 cm³/mol. The Morgan fingerprint density at radius 3 is 1.00 bits per heavy atom. The standard InChI is InChI=1S/3Li.H3O4P.H4Si.3H/c;;;1-5(2,3)4;;;;/h;;;(H3,1,2,3,4);1H4;;;/q3*+1;;;3*-1. The molecule has 0 aliphatic carbocycles. The van der Waals surface area contributed by atoms with Gasteiger partial charge in [0.1, 0.15) is 0 Å². The van der Waals surface area contributed by atoms with Gasteiger partial charge in [-0.2, -0.15) is 0 Å². The first-order valence-electron chi connectivity index (χ1n) is 0.783. The molecule has 0 spiro atoms. The van der Waals surface area contributed by atoms with Gasteiger partial charge in [-0.3, -0.25) is 0 Å². The Balaban J connectivity index is -0.00000000381. The minimum absolute atomic E-state index is 0. The molecular weight excluding hydrogens is 144 g/mol. The fraction of sp³-hybridized carbons (Fsp3) is 0. The Morgan fingerprint density at radius 2 is 1.00 bits per heavy atom. The molecule has 0 aliphatic rings. The summed E-state index contributed by atoms with van der Waals surface area (Å²) in [6, 6.07) is 0. The van der Waals surface area contributed by atoms with Gasteiger partial charge in [0.2, 0.25) is 0 Å². The van der Waals surface area contributed by atoms with E-state index in [1.165, 1.54) is 0 Å². The van der Waals surface area contributed by atoms with Crippen molar-refractivity contribution in [3.05, 3.63) is 0 Å². The molecule has 9 heavy (non-hydrogen) atoms. The summed E-state index contributed by atoms with van der Waals surface area (Å²) in [4.78, 5) is 21.6. The molecule has 0 atom stereocenters. The Morgan fingerprint density at radius 1 is 1.00 bits per heavy atom. The zero-order valence-corrected chi connectivity index (χ0v) is 6.09. The number of rotatable bonds is 0. The number of hydrogen-bond acceptors (Lipinski definition) is 1. The molecule has 0 saturated carbocycles. The maximum Gasteiger partial charge on any atom is 1.00 e. The molecule has 0 fully saturated rings. The van der Waals surface area contributed by atoms with E-state index in [1.54, 1.807) is 0 Å². The summed E-state index contributed by atoms with van der Waals surface area (Å²) in [7, 11) is -4.64. The van der Waals surface area contributed by atoms with Crippen molar-refractivity contribution in [2.24, 2.45) is 0 Å². The third kappa shape index (κ3) is 149.